The van der Waals surface area contributed by atoms with Gasteiger partial charge in [-0.3, -0.25) is 0 Å². The molecule has 0 aromatic heterocycles. The third kappa shape index (κ3) is 5.15. The van der Waals surface area contributed by atoms with Crippen LogP contribution in [0.5, 0.6) is 0 Å². The number of nitrogens with one attached hydrogen (secondary N) is 1. The van der Waals surface area contributed by atoms with Gasteiger partial charge in [-0.05, 0) is 52.5 Å². The van der Waals surface area contributed by atoms with Gasteiger partial charge in [-0.2, -0.15) is 0 Å². The van der Waals surface area contributed by atoms with Crippen LogP contribution in [0.25, 0.3) is 0 Å². The molecule has 96 valence electrons. The smallest absolute Gasteiger partial charge is 0.137 e. The van der Waals surface area contributed by atoms with Crippen molar-refractivity contribution in [3.05, 3.63) is 34.1 Å². The first kappa shape index (κ1) is 14.6. The Bertz CT molecular complexity index is 357. The first-order chi connectivity index (χ1) is 8.00. The van der Waals surface area contributed by atoms with Crippen LogP contribution in [0.4, 0.5) is 4.39 Å². The van der Waals surface area contributed by atoms with Gasteiger partial charge in [0.1, 0.15) is 5.82 Å². The molecule has 0 radical (unpaired) electrons. The normalized spacial score (nSPS) is 13.1. The summed E-state index contributed by atoms with van der Waals surface area (Å²) in [6, 6.07) is 5.09. The molecule has 17 heavy (non-hydrogen) atoms. The second-order valence-electron chi connectivity index (χ2n) is 4.53. The maximum atomic E-state index is 13.2. The van der Waals surface area contributed by atoms with Gasteiger partial charge in [-0.15, -0.1) is 0 Å². The fourth-order valence-electron chi connectivity index (χ4n) is 1.47. The molecule has 2 N–H and O–H groups in total. The van der Waals surface area contributed by atoms with Crippen LogP contribution < -0.4 is 5.32 Å². The zero-order valence-electron chi connectivity index (χ0n) is 10.2. The number of aliphatic hydroxyl groups is 1. The molecule has 1 aromatic rings. The summed E-state index contributed by atoms with van der Waals surface area (Å²) in [7, 11) is 0. The molecular formula is C13H19BrFNO. The molecule has 0 aliphatic carbocycles. The van der Waals surface area contributed by atoms with Crippen molar-refractivity contribution >= 4 is 15.9 Å². The van der Waals surface area contributed by atoms with E-state index in [1.54, 1.807) is 6.07 Å². The number of hydrogen-bond acceptors (Lipinski definition) is 2. The minimum absolute atomic E-state index is 0.244. The van der Waals surface area contributed by atoms with Gasteiger partial charge in [0.2, 0.25) is 0 Å². The van der Waals surface area contributed by atoms with Crippen LogP contribution in [-0.2, 0) is 6.54 Å². The van der Waals surface area contributed by atoms with E-state index in [1.807, 2.05) is 19.9 Å². The largest absolute Gasteiger partial charge is 0.393 e. The summed E-state index contributed by atoms with van der Waals surface area (Å²) in [6.45, 7) is 5.34. The van der Waals surface area contributed by atoms with Gasteiger partial charge in [-0.25, -0.2) is 4.39 Å². The van der Waals surface area contributed by atoms with Gasteiger partial charge < -0.3 is 10.4 Å². The lowest BCUT2D eigenvalue weighted by atomic mass is 10.0. The summed E-state index contributed by atoms with van der Waals surface area (Å²) in [6.07, 6.45) is 0.445. The highest BCUT2D eigenvalue weighted by Crippen LogP contribution is 2.16. The molecule has 1 unspecified atom stereocenters. The predicted octanol–water partition coefficient (Wildman–Crippen LogP) is 3.08. The molecular weight excluding hydrogens is 285 g/mol. The number of benzene rings is 1. The summed E-state index contributed by atoms with van der Waals surface area (Å²) in [5.74, 6) is 0.0356. The van der Waals surface area contributed by atoms with Gasteiger partial charge in [0.15, 0.2) is 0 Å². The lowest BCUT2D eigenvalue weighted by Gasteiger charge is -2.14. The SMILES string of the molecule is CC(C)C(O)CCNCc1ccc(Br)c(F)c1. The Morgan fingerprint density at radius 1 is 1.41 bits per heavy atom. The summed E-state index contributed by atoms with van der Waals surface area (Å²) in [4.78, 5) is 0. The van der Waals surface area contributed by atoms with Crippen LogP contribution in [0.1, 0.15) is 25.8 Å². The molecule has 4 heteroatoms. The molecule has 0 aliphatic heterocycles. The molecule has 1 rings (SSSR count). The Hall–Kier alpha value is -0.450. The minimum Gasteiger partial charge on any atom is -0.393 e. The van der Waals surface area contributed by atoms with Crippen LogP contribution in [0, 0.1) is 11.7 Å². The number of aliphatic hydroxyl groups excluding tert-OH is 1. The van der Waals surface area contributed by atoms with Crippen LogP contribution >= 0.6 is 15.9 Å². The minimum atomic E-state index is -0.274. The van der Waals surface area contributed by atoms with Crippen molar-refractivity contribution in [3.63, 3.8) is 0 Å². The van der Waals surface area contributed by atoms with E-state index < -0.39 is 0 Å². The summed E-state index contributed by atoms with van der Waals surface area (Å²) >= 11 is 3.12. The summed E-state index contributed by atoms with van der Waals surface area (Å²) in [5.41, 5.74) is 0.907. The van der Waals surface area contributed by atoms with Gasteiger partial charge in [0.05, 0.1) is 10.6 Å². The Labute approximate surface area is 110 Å². The van der Waals surface area contributed by atoms with E-state index in [9.17, 15) is 9.50 Å². The summed E-state index contributed by atoms with van der Waals surface area (Å²) < 4.78 is 13.7. The highest BCUT2D eigenvalue weighted by molar-refractivity contribution is 9.10. The Kier molecular flexibility index (Phi) is 6.09. The molecule has 1 atom stereocenters. The average Bonchev–Trinajstić information content (AvgIpc) is 2.28. The molecule has 0 heterocycles. The fourth-order valence-corrected chi connectivity index (χ4v) is 1.71. The molecule has 0 fully saturated rings. The Morgan fingerprint density at radius 2 is 2.12 bits per heavy atom. The van der Waals surface area contributed by atoms with Crippen molar-refractivity contribution in [1.29, 1.82) is 0 Å². The number of hydrogen-bond donors (Lipinski definition) is 2. The zero-order valence-corrected chi connectivity index (χ0v) is 11.8. The molecule has 0 amide bonds. The van der Waals surface area contributed by atoms with Gasteiger partial charge >= 0.3 is 0 Å². The van der Waals surface area contributed by atoms with Crippen LogP contribution in [0.2, 0.25) is 0 Å². The first-order valence-corrected chi connectivity index (χ1v) is 6.62. The summed E-state index contributed by atoms with van der Waals surface area (Å²) in [5, 5.41) is 12.8. The van der Waals surface area contributed by atoms with Crippen molar-refractivity contribution in [2.24, 2.45) is 5.92 Å². The molecule has 0 spiro atoms. The van der Waals surface area contributed by atoms with Gasteiger partial charge in [0.25, 0.3) is 0 Å². The van der Waals surface area contributed by atoms with Crippen LogP contribution in [0.3, 0.4) is 0 Å². The monoisotopic (exact) mass is 303 g/mol. The molecule has 1 aromatic carbocycles. The zero-order chi connectivity index (χ0) is 12.8. The van der Waals surface area contributed by atoms with E-state index in [1.165, 1.54) is 6.07 Å². The van der Waals surface area contributed by atoms with Crippen molar-refractivity contribution in [2.45, 2.75) is 32.9 Å². The van der Waals surface area contributed by atoms with Crippen LogP contribution in [0.15, 0.2) is 22.7 Å². The topological polar surface area (TPSA) is 32.3 Å². The number of halogens is 2. The van der Waals surface area contributed by atoms with Gasteiger partial charge in [0, 0.05) is 6.54 Å². The first-order valence-electron chi connectivity index (χ1n) is 5.83. The van der Waals surface area contributed by atoms with E-state index in [-0.39, 0.29) is 17.8 Å². The van der Waals surface area contributed by atoms with E-state index in [0.717, 1.165) is 18.5 Å². The van der Waals surface area contributed by atoms with E-state index in [0.29, 0.717) is 11.0 Å². The quantitative estimate of drug-likeness (QED) is 0.792. The molecule has 2 nitrogen and oxygen atoms in total. The van der Waals surface area contributed by atoms with Gasteiger partial charge in [-0.1, -0.05) is 19.9 Å². The van der Waals surface area contributed by atoms with Crippen molar-refractivity contribution in [1.82, 2.24) is 5.32 Å². The second kappa shape index (κ2) is 7.09. The second-order valence-corrected chi connectivity index (χ2v) is 5.38. The van der Waals surface area contributed by atoms with Crippen molar-refractivity contribution in [3.8, 4) is 0 Å². The molecule has 0 aliphatic rings. The molecule has 0 saturated heterocycles. The van der Waals surface area contributed by atoms with E-state index >= 15 is 0 Å². The molecule has 0 saturated carbocycles. The lowest BCUT2D eigenvalue weighted by Crippen LogP contribution is -2.23. The van der Waals surface area contributed by atoms with Crippen LogP contribution in [-0.4, -0.2) is 17.8 Å². The Balaban J connectivity index is 2.29. The van der Waals surface area contributed by atoms with Crippen molar-refractivity contribution in [2.75, 3.05) is 6.54 Å². The van der Waals surface area contributed by atoms with E-state index in [4.69, 9.17) is 0 Å². The third-order valence-electron chi connectivity index (χ3n) is 2.70. The average molecular weight is 304 g/mol. The fraction of sp³-hybridized carbons (Fsp3) is 0.538. The highest BCUT2D eigenvalue weighted by Gasteiger charge is 2.08. The third-order valence-corrected chi connectivity index (χ3v) is 3.34. The van der Waals surface area contributed by atoms with Crippen molar-refractivity contribution < 1.29 is 9.50 Å². The Morgan fingerprint density at radius 3 is 2.71 bits per heavy atom. The highest BCUT2D eigenvalue weighted by atomic mass is 79.9. The maximum absolute atomic E-state index is 13.2. The predicted molar refractivity (Wildman–Crippen MR) is 71.3 cm³/mol. The lowest BCUT2D eigenvalue weighted by molar-refractivity contribution is 0.116. The molecule has 0 bridgehead atoms. The number of rotatable bonds is 6. The van der Waals surface area contributed by atoms with E-state index in [2.05, 4.69) is 21.2 Å². The maximum Gasteiger partial charge on any atom is 0.137 e. The standard InChI is InChI=1S/C13H19BrFNO/c1-9(2)13(17)5-6-16-8-10-3-4-11(14)12(15)7-10/h3-4,7,9,13,16-17H,5-6,8H2,1-2H3.